The van der Waals surface area contributed by atoms with Gasteiger partial charge in [0.1, 0.15) is 0 Å². The number of hydrogen-bond acceptors (Lipinski definition) is 1. The summed E-state index contributed by atoms with van der Waals surface area (Å²) in [6.07, 6.45) is 1.02. The summed E-state index contributed by atoms with van der Waals surface area (Å²) in [5, 5.41) is 4.32. The Bertz CT molecular complexity index is 464. The molecule has 0 aliphatic rings. The van der Waals surface area contributed by atoms with Gasteiger partial charge in [-0.1, -0.05) is 54.1 Å². The summed E-state index contributed by atoms with van der Waals surface area (Å²) in [6, 6.07) is 18.9. The quantitative estimate of drug-likeness (QED) is 0.847. The molecule has 0 aliphatic heterocycles. The molecule has 94 valence electrons. The molecule has 0 saturated carbocycles. The van der Waals surface area contributed by atoms with Gasteiger partial charge in [0, 0.05) is 11.1 Å². The van der Waals surface area contributed by atoms with Crippen LogP contribution in [0.3, 0.4) is 0 Å². The molecule has 0 heterocycles. The summed E-state index contributed by atoms with van der Waals surface area (Å²) < 4.78 is 0. The van der Waals surface area contributed by atoms with Crippen LogP contribution >= 0.6 is 11.6 Å². The largest absolute Gasteiger partial charge is 0.310 e. The van der Waals surface area contributed by atoms with Crippen molar-refractivity contribution in [1.82, 2.24) is 5.32 Å². The van der Waals surface area contributed by atoms with Crippen LogP contribution < -0.4 is 5.32 Å². The van der Waals surface area contributed by atoms with Gasteiger partial charge in [-0.15, -0.1) is 0 Å². The minimum atomic E-state index is 0.388. The highest BCUT2D eigenvalue weighted by atomic mass is 35.5. The Balaban J connectivity index is 1.80. The van der Waals surface area contributed by atoms with E-state index < -0.39 is 0 Å². The molecule has 1 nitrogen and oxygen atoms in total. The Kier molecular flexibility index (Phi) is 4.80. The Morgan fingerprint density at radius 3 is 2.33 bits per heavy atom. The van der Waals surface area contributed by atoms with Crippen molar-refractivity contribution in [3.63, 3.8) is 0 Å². The second kappa shape index (κ2) is 6.58. The van der Waals surface area contributed by atoms with Crippen LogP contribution in [0.2, 0.25) is 5.02 Å². The molecule has 0 spiro atoms. The molecule has 0 aliphatic carbocycles. The van der Waals surface area contributed by atoms with E-state index >= 15 is 0 Å². The zero-order chi connectivity index (χ0) is 12.8. The van der Waals surface area contributed by atoms with E-state index in [0.717, 1.165) is 18.0 Å². The first-order valence-electron chi connectivity index (χ1n) is 6.28. The van der Waals surface area contributed by atoms with Gasteiger partial charge in [-0.2, -0.15) is 0 Å². The van der Waals surface area contributed by atoms with Crippen LogP contribution in [0.4, 0.5) is 0 Å². The van der Waals surface area contributed by atoms with Crippen molar-refractivity contribution in [3.8, 4) is 0 Å². The van der Waals surface area contributed by atoms with Gasteiger partial charge < -0.3 is 5.32 Å². The first kappa shape index (κ1) is 13.1. The van der Waals surface area contributed by atoms with E-state index in [1.165, 1.54) is 11.1 Å². The fraction of sp³-hybridized carbons (Fsp3) is 0.250. The maximum atomic E-state index is 5.86. The van der Waals surface area contributed by atoms with Crippen molar-refractivity contribution >= 4 is 11.6 Å². The van der Waals surface area contributed by atoms with Gasteiger partial charge >= 0.3 is 0 Å². The topological polar surface area (TPSA) is 12.0 Å². The van der Waals surface area contributed by atoms with Gasteiger partial charge in [-0.25, -0.2) is 0 Å². The van der Waals surface area contributed by atoms with Gasteiger partial charge in [0.25, 0.3) is 0 Å². The molecule has 1 unspecified atom stereocenters. The molecule has 1 atom stereocenters. The molecule has 2 aromatic carbocycles. The van der Waals surface area contributed by atoms with Gasteiger partial charge in [0.05, 0.1) is 0 Å². The normalized spacial score (nSPS) is 12.3. The minimum absolute atomic E-state index is 0.388. The second-order valence-electron chi connectivity index (χ2n) is 4.46. The average molecular weight is 260 g/mol. The maximum Gasteiger partial charge on any atom is 0.0406 e. The van der Waals surface area contributed by atoms with Crippen LogP contribution in [0, 0.1) is 0 Å². The molecule has 2 aromatic rings. The smallest absolute Gasteiger partial charge is 0.0406 e. The van der Waals surface area contributed by atoms with Crippen molar-refractivity contribution in [2.24, 2.45) is 0 Å². The number of rotatable bonds is 5. The van der Waals surface area contributed by atoms with Crippen molar-refractivity contribution in [2.45, 2.75) is 19.4 Å². The van der Waals surface area contributed by atoms with Crippen LogP contribution in [0.15, 0.2) is 54.6 Å². The minimum Gasteiger partial charge on any atom is -0.310 e. The SMILES string of the molecule is CC(NCCc1ccc(Cl)cc1)c1ccccc1. The molecular formula is C16H18ClN. The first-order chi connectivity index (χ1) is 8.75. The van der Waals surface area contributed by atoms with Crippen LogP contribution in [0.25, 0.3) is 0 Å². The van der Waals surface area contributed by atoms with Crippen molar-refractivity contribution < 1.29 is 0 Å². The highest BCUT2D eigenvalue weighted by Crippen LogP contribution is 2.12. The number of benzene rings is 2. The summed E-state index contributed by atoms with van der Waals surface area (Å²) in [7, 11) is 0. The van der Waals surface area contributed by atoms with Crippen molar-refractivity contribution in [3.05, 3.63) is 70.7 Å². The molecule has 2 rings (SSSR count). The Hall–Kier alpha value is -1.31. The summed E-state index contributed by atoms with van der Waals surface area (Å²) in [4.78, 5) is 0. The lowest BCUT2D eigenvalue weighted by Gasteiger charge is -2.14. The lowest BCUT2D eigenvalue weighted by Crippen LogP contribution is -2.21. The monoisotopic (exact) mass is 259 g/mol. The number of hydrogen-bond donors (Lipinski definition) is 1. The number of nitrogens with one attached hydrogen (secondary N) is 1. The molecule has 1 N–H and O–H groups in total. The zero-order valence-electron chi connectivity index (χ0n) is 10.6. The van der Waals surface area contributed by atoms with E-state index in [-0.39, 0.29) is 0 Å². The van der Waals surface area contributed by atoms with E-state index in [1.54, 1.807) is 0 Å². The van der Waals surface area contributed by atoms with Crippen LogP contribution in [-0.2, 0) is 6.42 Å². The molecule has 0 aromatic heterocycles. The predicted molar refractivity (Wildman–Crippen MR) is 78.0 cm³/mol. The molecule has 0 fully saturated rings. The van der Waals surface area contributed by atoms with Crippen LogP contribution in [0.5, 0.6) is 0 Å². The van der Waals surface area contributed by atoms with Gasteiger partial charge in [0.15, 0.2) is 0 Å². The molecular weight excluding hydrogens is 242 g/mol. The van der Waals surface area contributed by atoms with Gasteiger partial charge in [0.2, 0.25) is 0 Å². The van der Waals surface area contributed by atoms with Crippen molar-refractivity contribution in [2.75, 3.05) is 6.54 Å². The molecule has 0 amide bonds. The van der Waals surface area contributed by atoms with E-state index in [2.05, 4.69) is 48.6 Å². The summed E-state index contributed by atoms with van der Waals surface area (Å²) in [5.74, 6) is 0. The third kappa shape index (κ3) is 3.86. The lowest BCUT2D eigenvalue weighted by atomic mass is 10.1. The molecule has 0 radical (unpaired) electrons. The van der Waals surface area contributed by atoms with E-state index in [1.807, 2.05) is 18.2 Å². The number of halogens is 1. The van der Waals surface area contributed by atoms with Crippen LogP contribution in [0.1, 0.15) is 24.1 Å². The fourth-order valence-corrected chi connectivity index (χ4v) is 2.07. The second-order valence-corrected chi connectivity index (χ2v) is 4.90. The van der Waals surface area contributed by atoms with E-state index in [9.17, 15) is 0 Å². The summed E-state index contributed by atoms with van der Waals surface area (Å²) in [5.41, 5.74) is 2.64. The Labute approximate surface area is 114 Å². The first-order valence-corrected chi connectivity index (χ1v) is 6.66. The molecule has 18 heavy (non-hydrogen) atoms. The standard InChI is InChI=1S/C16H18ClN/c1-13(15-5-3-2-4-6-15)18-12-11-14-7-9-16(17)10-8-14/h2-10,13,18H,11-12H2,1H3. The average Bonchev–Trinajstić information content (AvgIpc) is 2.42. The van der Waals surface area contributed by atoms with E-state index in [0.29, 0.717) is 6.04 Å². The Morgan fingerprint density at radius 1 is 1.00 bits per heavy atom. The zero-order valence-corrected chi connectivity index (χ0v) is 11.3. The highest BCUT2D eigenvalue weighted by Gasteiger charge is 2.03. The molecule has 0 bridgehead atoms. The molecule has 0 saturated heterocycles. The summed E-state index contributed by atoms with van der Waals surface area (Å²) in [6.45, 7) is 3.16. The van der Waals surface area contributed by atoms with Gasteiger partial charge in [-0.3, -0.25) is 0 Å². The maximum absolute atomic E-state index is 5.86. The van der Waals surface area contributed by atoms with E-state index in [4.69, 9.17) is 11.6 Å². The van der Waals surface area contributed by atoms with Crippen molar-refractivity contribution in [1.29, 1.82) is 0 Å². The highest BCUT2D eigenvalue weighted by molar-refractivity contribution is 6.30. The van der Waals surface area contributed by atoms with Gasteiger partial charge in [-0.05, 0) is 43.1 Å². The lowest BCUT2D eigenvalue weighted by molar-refractivity contribution is 0.577. The summed E-state index contributed by atoms with van der Waals surface area (Å²) >= 11 is 5.86. The molecule has 2 heteroatoms. The third-order valence-electron chi connectivity index (χ3n) is 3.08. The van der Waals surface area contributed by atoms with Crippen LogP contribution in [-0.4, -0.2) is 6.54 Å². The third-order valence-corrected chi connectivity index (χ3v) is 3.33. The predicted octanol–water partition coefficient (Wildman–Crippen LogP) is 4.23. The fourth-order valence-electron chi connectivity index (χ4n) is 1.94. The Morgan fingerprint density at radius 2 is 1.67 bits per heavy atom.